The van der Waals surface area contributed by atoms with Gasteiger partial charge in [-0.15, -0.1) is 0 Å². The maximum absolute atomic E-state index is 12.9. The van der Waals surface area contributed by atoms with Crippen LogP contribution in [0.3, 0.4) is 0 Å². The molecule has 0 bridgehead atoms. The van der Waals surface area contributed by atoms with E-state index in [0.717, 1.165) is 36.5 Å². The van der Waals surface area contributed by atoms with Crippen molar-refractivity contribution in [3.8, 4) is 0 Å². The van der Waals surface area contributed by atoms with Crippen molar-refractivity contribution in [1.82, 2.24) is 14.5 Å². The van der Waals surface area contributed by atoms with Gasteiger partial charge < -0.3 is 10.2 Å². The fourth-order valence-electron chi connectivity index (χ4n) is 4.68. The van der Waals surface area contributed by atoms with Crippen molar-refractivity contribution >= 4 is 21.8 Å². The molecular formula is C19H31N3O4S. The highest BCUT2D eigenvalue weighted by atomic mass is 32.2. The number of piperidine rings is 1. The van der Waals surface area contributed by atoms with Crippen LogP contribution < -0.4 is 5.32 Å². The molecule has 152 valence electrons. The zero-order valence-electron chi connectivity index (χ0n) is 16.5. The first-order valence-electron chi connectivity index (χ1n) is 9.96. The Hall–Kier alpha value is -1.41. The molecule has 3 rings (SSSR count). The molecule has 2 atom stereocenters. The Morgan fingerprint density at radius 3 is 2.56 bits per heavy atom. The number of hydrogen-bond donors (Lipinski definition) is 1. The number of rotatable bonds is 6. The van der Waals surface area contributed by atoms with E-state index in [1.807, 2.05) is 13.8 Å². The van der Waals surface area contributed by atoms with Crippen molar-refractivity contribution in [1.29, 1.82) is 0 Å². The Morgan fingerprint density at radius 1 is 1.30 bits per heavy atom. The van der Waals surface area contributed by atoms with Gasteiger partial charge >= 0.3 is 0 Å². The minimum atomic E-state index is -3.68. The fourth-order valence-corrected chi connectivity index (χ4v) is 5.70. The standard InChI is InChI=1S/C19H31N3O4S/c1-13(2)17-18-15(22(19(17)24)27(3,25)26)9-12-21(18)16(23)6-4-5-14-7-10-20-11-8-14/h9,13-14,17-18,20H,4-8,10-12H2,1-3H3/t17-,18+/m1/s1. The third kappa shape index (κ3) is 4.06. The van der Waals surface area contributed by atoms with Crippen LogP contribution in [0.5, 0.6) is 0 Å². The van der Waals surface area contributed by atoms with E-state index in [0.29, 0.717) is 24.6 Å². The number of carbonyl (C=O) groups is 2. The smallest absolute Gasteiger partial charge is 0.246 e. The van der Waals surface area contributed by atoms with Gasteiger partial charge in [0.25, 0.3) is 0 Å². The van der Waals surface area contributed by atoms with Gasteiger partial charge in [0.15, 0.2) is 0 Å². The van der Waals surface area contributed by atoms with Crippen LogP contribution in [0.1, 0.15) is 46.0 Å². The Kier molecular flexibility index (Phi) is 5.96. The zero-order chi connectivity index (χ0) is 19.8. The highest BCUT2D eigenvalue weighted by Crippen LogP contribution is 2.41. The first-order valence-corrected chi connectivity index (χ1v) is 11.8. The lowest BCUT2D eigenvalue weighted by molar-refractivity contribution is -0.134. The second-order valence-corrected chi connectivity index (χ2v) is 10.2. The Balaban J connectivity index is 1.67. The molecule has 8 heteroatoms. The molecule has 2 amide bonds. The summed E-state index contributed by atoms with van der Waals surface area (Å²) in [6.07, 6.45) is 7.47. The van der Waals surface area contributed by atoms with E-state index in [9.17, 15) is 18.0 Å². The lowest BCUT2D eigenvalue weighted by atomic mass is 9.89. The summed E-state index contributed by atoms with van der Waals surface area (Å²) < 4.78 is 25.2. The monoisotopic (exact) mass is 397 g/mol. The van der Waals surface area contributed by atoms with Gasteiger partial charge in [-0.3, -0.25) is 9.59 Å². The van der Waals surface area contributed by atoms with Gasteiger partial charge in [-0.25, -0.2) is 12.7 Å². The van der Waals surface area contributed by atoms with Gasteiger partial charge in [-0.2, -0.15) is 0 Å². The van der Waals surface area contributed by atoms with E-state index in [2.05, 4.69) is 5.32 Å². The highest BCUT2D eigenvalue weighted by molar-refractivity contribution is 7.89. The summed E-state index contributed by atoms with van der Waals surface area (Å²) >= 11 is 0. The molecule has 1 N–H and O–H groups in total. The molecule has 0 aliphatic carbocycles. The Labute approximate surface area is 162 Å². The second kappa shape index (κ2) is 7.91. The van der Waals surface area contributed by atoms with Crippen LogP contribution in [0.4, 0.5) is 0 Å². The first kappa shape index (κ1) is 20.3. The highest BCUT2D eigenvalue weighted by Gasteiger charge is 2.54. The molecule has 0 aromatic heterocycles. The SMILES string of the molecule is CC(C)[C@H]1C(=O)N(S(C)(=O)=O)C2=CCN(C(=O)CCCC3CCNCC3)[C@@H]21. The molecule has 3 heterocycles. The number of amides is 2. The number of carbonyl (C=O) groups excluding carboxylic acids is 2. The van der Waals surface area contributed by atoms with E-state index < -0.39 is 27.9 Å². The number of sulfonamides is 1. The largest absolute Gasteiger partial charge is 0.330 e. The zero-order valence-corrected chi connectivity index (χ0v) is 17.3. The van der Waals surface area contributed by atoms with Crippen LogP contribution in [0.15, 0.2) is 11.8 Å². The summed E-state index contributed by atoms with van der Waals surface area (Å²) in [5.74, 6) is -0.240. The lowest BCUT2D eigenvalue weighted by Gasteiger charge is -2.29. The molecule has 3 aliphatic rings. The molecule has 0 spiro atoms. The van der Waals surface area contributed by atoms with Gasteiger partial charge in [0, 0.05) is 13.0 Å². The topological polar surface area (TPSA) is 86.8 Å². The average Bonchev–Trinajstić information content (AvgIpc) is 3.11. The van der Waals surface area contributed by atoms with Crippen molar-refractivity contribution < 1.29 is 18.0 Å². The summed E-state index contributed by atoms with van der Waals surface area (Å²) in [5, 5.41) is 3.35. The molecule has 0 aromatic carbocycles. The number of fused-ring (bicyclic) bond motifs is 1. The molecule has 7 nitrogen and oxygen atoms in total. The van der Waals surface area contributed by atoms with Crippen molar-refractivity contribution in [3.05, 3.63) is 11.8 Å². The van der Waals surface area contributed by atoms with Crippen molar-refractivity contribution in [2.24, 2.45) is 17.8 Å². The number of hydrogen-bond acceptors (Lipinski definition) is 5. The van der Waals surface area contributed by atoms with Crippen molar-refractivity contribution in [3.63, 3.8) is 0 Å². The van der Waals surface area contributed by atoms with Crippen LogP contribution in [-0.2, 0) is 19.6 Å². The molecule has 0 aromatic rings. The number of nitrogens with one attached hydrogen (secondary N) is 1. The van der Waals surface area contributed by atoms with Gasteiger partial charge in [0.2, 0.25) is 21.8 Å². The minimum Gasteiger partial charge on any atom is -0.330 e. The normalized spacial score (nSPS) is 26.7. The molecule has 27 heavy (non-hydrogen) atoms. The van der Waals surface area contributed by atoms with Crippen LogP contribution in [0.2, 0.25) is 0 Å². The third-order valence-corrected chi connectivity index (χ3v) is 7.08. The molecular weight excluding hydrogens is 366 g/mol. The second-order valence-electron chi connectivity index (χ2n) is 8.34. The maximum Gasteiger partial charge on any atom is 0.246 e. The molecule has 2 fully saturated rings. The van der Waals surface area contributed by atoms with E-state index >= 15 is 0 Å². The van der Waals surface area contributed by atoms with Gasteiger partial charge in [0.05, 0.1) is 23.9 Å². The van der Waals surface area contributed by atoms with Crippen LogP contribution in [-0.4, -0.2) is 61.4 Å². The first-order chi connectivity index (χ1) is 12.7. The summed E-state index contributed by atoms with van der Waals surface area (Å²) in [6.45, 7) is 6.31. The molecule has 0 radical (unpaired) electrons. The van der Waals surface area contributed by atoms with Crippen molar-refractivity contribution in [2.45, 2.75) is 52.0 Å². The summed E-state index contributed by atoms with van der Waals surface area (Å²) in [5.41, 5.74) is 0.466. The van der Waals surface area contributed by atoms with Crippen LogP contribution >= 0.6 is 0 Å². The van der Waals surface area contributed by atoms with Crippen LogP contribution in [0, 0.1) is 17.8 Å². The predicted molar refractivity (Wildman–Crippen MR) is 103 cm³/mol. The lowest BCUT2D eigenvalue weighted by Crippen LogP contribution is -2.42. The van der Waals surface area contributed by atoms with E-state index in [-0.39, 0.29) is 11.8 Å². The van der Waals surface area contributed by atoms with Crippen molar-refractivity contribution in [2.75, 3.05) is 25.9 Å². The third-order valence-electron chi connectivity index (χ3n) is 6.03. The van der Waals surface area contributed by atoms with E-state index in [4.69, 9.17) is 0 Å². The maximum atomic E-state index is 12.9. The van der Waals surface area contributed by atoms with Crippen LogP contribution in [0.25, 0.3) is 0 Å². The van der Waals surface area contributed by atoms with Gasteiger partial charge in [-0.05, 0) is 56.7 Å². The molecule has 3 aliphatic heterocycles. The minimum absolute atomic E-state index is 0.0222. The molecule has 0 saturated carbocycles. The summed E-state index contributed by atoms with van der Waals surface area (Å²) in [4.78, 5) is 27.3. The van der Waals surface area contributed by atoms with Gasteiger partial charge in [0.1, 0.15) is 0 Å². The van der Waals surface area contributed by atoms with Gasteiger partial charge in [-0.1, -0.05) is 13.8 Å². The fraction of sp³-hybridized carbons (Fsp3) is 0.789. The summed E-state index contributed by atoms with van der Waals surface area (Å²) in [6, 6.07) is -0.446. The Bertz CT molecular complexity index is 725. The summed E-state index contributed by atoms with van der Waals surface area (Å²) in [7, 11) is -3.68. The van der Waals surface area contributed by atoms with E-state index in [1.54, 1.807) is 11.0 Å². The quantitative estimate of drug-likeness (QED) is 0.731. The average molecular weight is 398 g/mol. The van der Waals surface area contributed by atoms with E-state index in [1.165, 1.54) is 12.8 Å². The molecule has 0 unspecified atom stereocenters. The predicted octanol–water partition coefficient (Wildman–Crippen LogP) is 1.33. The number of nitrogens with zero attached hydrogens (tertiary/aromatic N) is 2. The molecule has 2 saturated heterocycles. The Morgan fingerprint density at radius 2 is 1.96 bits per heavy atom.